The molecule has 0 saturated heterocycles. The SMILES string of the molecule is CCC(C)NC(=O)Cn1c(C)nc2scc(C(=O)O)c2c1=O. The van der Waals surface area contributed by atoms with Gasteiger partial charge in [-0.05, 0) is 20.3 Å². The number of rotatable bonds is 5. The molecule has 2 heterocycles. The zero-order valence-corrected chi connectivity index (χ0v) is 13.4. The summed E-state index contributed by atoms with van der Waals surface area (Å²) in [5.74, 6) is -1.09. The second kappa shape index (κ2) is 6.27. The van der Waals surface area contributed by atoms with Crippen LogP contribution in [0.15, 0.2) is 10.2 Å². The van der Waals surface area contributed by atoms with Gasteiger partial charge < -0.3 is 10.4 Å². The van der Waals surface area contributed by atoms with Crippen molar-refractivity contribution in [2.45, 2.75) is 39.8 Å². The first kappa shape index (κ1) is 16.2. The summed E-state index contributed by atoms with van der Waals surface area (Å²) in [4.78, 5) is 40.3. The van der Waals surface area contributed by atoms with Gasteiger partial charge in [0.2, 0.25) is 5.91 Å². The molecular weight excluding hydrogens is 306 g/mol. The summed E-state index contributed by atoms with van der Waals surface area (Å²) >= 11 is 1.11. The molecule has 0 aromatic carbocycles. The summed E-state index contributed by atoms with van der Waals surface area (Å²) in [6.07, 6.45) is 0.782. The summed E-state index contributed by atoms with van der Waals surface area (Å²) in [5, 5.41) is 13.4. The maximum atomic E-state index is 12.5. The molecule has 2 aromatic rings. The van der Waals surface area contributed by atoms with E-state index in [2.05, 4.69) is 10.3 Å². The molecule has 2 N–H and O–H groups in total. The van der Waals surface area contributed by atoms with Crippen molar-refractivity contribution in [1.29, 1.82) is 0 Å². The summed E-state index contributed by atoms with van der Waals surface area (Å²) in [7, 11) is 0. The van der Waals surface area contributed by atoms with E-state index in [4.69, 9.17) is 5.11 Å². The number of carboxylic acid groups (broad SMARTS) is 1. The highest BCUT2D eigenvalue weighted by Crippen LogP contribution is 2.21. The lowest BCUT2D eigenvalue weighted by atomic mass is 10.2. The molecule has 7 nitrogen and oxygen atoms in total. The molecule has 1 unspecified atom stereocenters. The van der Waals surface area contributed by atoms with E-state index in [0.717, 1.165) is 17.8 Å². The van der Waals surface area contributed by atoms with Crippen LogP contribution in [0, 0.1) is 6.92 Å². The van der Waals surface area contributed by atoms with Crippen LogP contribution in [0.2, 0.25) is 0 Å². The van der Waals surface area contributed by atoms with Crippen molar-refractivity contribution in [3.05, 3.63) is 27.1 Å². The Hall–Kier alpha value is -2.22. The van der Waals surface area contributed by atoms with Gasteiger partial charge in [0.25, 0.3) is 5.56 Å². The fraction of sp³-hybridized carbons (Fsp3) is 0.429. The predicted octanol–water partition coefficient (Wildman–Crippen LogP) is 1.38. The highest BCUT2D eigenvalue weighted by molar-refractivity contribution is 7.17. The van der Waals surface area contributed by atoms with Crippen molar-refractivity contribution in [3.63, 3.8) is 0 Å². The third kappa shape index (κ3) is 3.01. The smallest absolute Gasteiger partial charge is 0.337 e. The fourth-order valence-electron chi connectivity index (χ4n) is 2.04. The van der Waals surface area contributed by atoms with Crippen molar-refractivity contribution in [2.75, 3.05) is 0 Å². The normalized spacial score (nSPS) is 12.3. The molecule has 0 aliphatic rings. The lowest BCUT2D eigenvalue weighted by molar-refractivity contribution is -0.122. The van der Waals surface area contributed by atoms with E-state index in [-0.39, 0.29) is 29.4 Å². The molecule has 0 bridgehead atoms. The minimum absolute atomic E-state index is 0.0101. The van der Waals surface area contributed by atoms with E-state index in [1.807, 2.05) is 13.8 Å². The zero-order chi connectivity index (χ0) is 16.4. The van der Waals surface area contributed by atoms with Crippen molar-refractivity contribution in [1.82, 2.24) is 14.9 Å². The molecule has 118 valence electrons. The molecule has 0 aliphatic carbocycles. The average molecular weight is 323 g/mol. The number of fused-ring (bicyclic) bond motifs is 1. The van der Waals surface area contributed by atoms with Crippen LogP contribution in [-0.2, 0) is 11.3 Å². The second-order valence-electron chi connectivity index (χ2n) is 5.06. The first-order valence-corrected chi connectivity index (χ1v) is 7.74. The van der Waals surface area contributed by atoms with Crippen LogP contribution in [0.3, 0.4) is 0 Å². The van der Waals surface area contributed by atoms with Gasteiger partial charge in [0.15, 0.2) is 0 Å². The highest BCUT2D eigenvalue weighted by atomic mass is 32.1. The van der Waals surface area contributed by atoms with Gasteiger partial charge in [-0.1, -0.05) is 6.92 Å². The fourth-order valence-corrected chi connectivity index (χ4v) is 2.98. The van der Waals surface area contributed by atoms with E-state index in [9.17, 15) is 14.4 Å². The van der Waals surface area contributed by atoms with Gasteiger partial charge in [0.1, 0.15) is 17.2 Å². The topological polar surface area (TPSA) is 101 Å². The number of aryl methyl sites for hydroxylation is 1. The maximum Gasteiger partial charge on any atom is 0.337 e. The first-order chi connectivity index (χ1) is 10.3. The molecule has 0 saturated carbocycles. The monoisotopic (exact) mass is 323 g/mol. The third-order valence-electron chi connectivity index (χ3n) is 3.44. The minimum atomic E-state index is -1.18. The molecule has 0 aliphatic heterocycles. The Kier molecular flexibility index (Phi) is 4.60. The first-order valence-electron chi connectivity index (χ1n) is 6.86. The third-order valence-corrected chi connectivity index (χ3v) is 4.31. The Morgan fingerprint density at radius 1 is 1.50 bits per heavy atom. The van der Waals surface area contributed by atoms with Crippen molar-refractivity contribution in [3.8, 4) is 0 Å². The molecule has 2 rings (SSSR count). The van der Waals surface area contributed by atoms with Gasteiger partial charge in [-0.25, -0.2) is 9.78 Å². The number of carbonyl (C=O) groups excluding carboxylic acids is 1. The number of carboxylic acids is 1. The molecular formula is C14H17N3O4S. The summed E-state index contributed by atoms with van der Waals surface area (Å²) in [6.45, 7) is 5.27. The van der Waals surface area contributed by atoms with Gasteiger partial charge in [0.05, 0.1) is 10.9 Å². The van der Waals surface area contributed by atoms with Crippen LogP contribution in [-0.4, -0.2) is 32.6 Å². The predicted molar refractivity (Wildman–Crippen MR) is 83.5 cm³/mol. The number of thiophene rings is 1. The minimum Gasteiger partial charge on any atom is -0.478 e. The molecule has 1 amide bonds. The van der Waals surface area contributed by atoms with Crippen LogP contribution in [0.1, 0.15) is 36.5 Å². The molecule has 2 aromatic heterocycles. The number of nitrogens with one attached hydrogen (secondary N) is 1. The largest absolute Gasteiger partial charge is 0.478 e. The van der Waals surface area contributed by atoms with E-state index in [1.165, 1.54) is 9.95 Å². The number of amides is 1. The van der Waals surface area contributed by atoms with E-state index < -0.39 is 11.5 Å². The second-order valence-corrected chi connectivity index (χ2v) is 5.92. The highest BCUT2D eigenvalue weighted by Gasteiger charge is 2.19. The Morgan fingerprint density at radius 2 is 2.18 bits per heavy atom. The zero-order valence-electron chi connectivity index (χ0n) is 12.5. The lowest BCUT2D eigenvalue weighted by Gasteiger charge is -2.13. The van der Waals surface area contributed by atoms with E-state index in [1.54, 1.807) is 6.92 Å². The van der Waals surface area contributed by atoms with Crippen LogP contribution >= 0.6 is 11.3 Å². The van der Waals surface area contributed by atoms with Crippen LogP contribution in [0.25, 0.3) is 10.2 Å². The number of hydrogen-bond acceptors (Lipinski definition) is 5. The number of hydrogen-bond donors (Lipinski definition) is 2. The van der Waals surface area contributed by atoms with Gasteiger partial charge >= 0.3 is 5.97 Å². The van der Waals surface area contributed by atoms with Crippen molar-refractivity contribution in [2.24, 2.45) is 0 Å². The van der Waals surface area contributed by atoms with Crippen molar-refractivity contribution < 1.29 is 14.7 Å². The summed E-state index contributed by atoms with van der Waals surface area (Å²) in [5.41, 5.74) is -0.575. The standard InChI is InChI=1S/C14H17N3O4S/c1-4-7(2)15-10(18)5-17-8(3)16-12-11(13(17)19)9(6-22-12)14(20)21/h6-7H,4-5H2,1-3H3,(H,15,18)(H,20,21). The Balaban J connectivity index is 2.46. The van der Waals surface area contributed by atoms with Gasteiger partial charge in [-0.15, -0.1) is 11.3 Å². The molecule has 22 heavy (non-hydrogen) atoms. The summed E-state index contributed by atoms with van der Waals surface area (Å²) in [6, 6.07) is 0.0101. The average Bonchev–Trinajstić information content (AvgIpc) is 2.87. The molecule has 0 radical (unpaired) electrons. The maximum absolute atomic E-state index is 12.5. The molecule has 8 heteroatoms. The number of aromatic carboxylic acids is 1. The van der Waals surface area contributed by atoms with E-state index >= 15 is 0 Å². The number of nitrogens with zero attached hydrogens (tertiary/aromatic N) is 2. The number of aromatic nitrogens is 2. The Bertz CT molecular complexity index is 793. The summed E-state index contributed by atoms with van der Waals surface area (Å²) < 4.78 is 1.21. The van der Waals surface area contributed by atoms with Crippen LogP contribution < -0.4 is 10.9 Å². The molecule has 0 spiro atoms. The lowest BCUT2D eigenvalue weighted by Crippen LogP contribution is -2.38. The molecule has 0 fully saturated rings. The quantitative estimate of drug-likeness (QED) is 0.865. The number of carbonyl (C=O) groups is 2. The van der Waals surface area contributed by atoms with Crippen molar-refractivity contribution >= 4 is 33.4 Å². The van der Waals surface area contributed by atoms with E-state index in [0.29, 0.717) is 10.7 Å². The molecule has 1 atom stereocenters. The Morgan fingerprint density at radius 3 is 2.77 bits per heavy atom. The van der Waals surface area contributed by atoms with Gasteiger partial charge in [-0.2, -0.15) is 0 Å². The Labute approximate surface area is 130 Å². The van der Waals surface area contributed by atoms with Gasteiger partial charge in [0, 0.05) is 11.4 Å². The van der Waals surface area contributed by atoms with Crippen LogP contribution in [0.5, 0.6) is 0 Å². The van der Waals surface area contributed by atoms with Gasteiger partial charge in [-0.3, -0.25) is 14.2 Å². The van der Waals surface area contributed by atoms with Crippen LogP contribution in [0.4, 0.5) is 0 Å².